The monoisotopic (exact) mass is 171 g/mol. The van der Waals surface area contributed by atoms with Crippen LogP contribution in [0.3, 0.4) is 0 Å². The van der Waals surface area contributed by atoms with Crippen molar-refractivity contribution in [1.82, 2.24) is 0 Å². The average molecular weight is 171 g/mol. The summed E-state index contributed by atoms with van der Waals surface area (Å²) in [5.41, 5.74) is 10.5. The number of hydrogen-bond donors (Lipinski definition) is 2. The summed E-state index contributed by atoms with van der Waals surface area (Å²) in [7, 11) is 0. The maximum Gasteiger partial charge on any atom is 0.205 e. The van der Waals surface area contributed by atoms with Crippen LogP contribution in [0.5, 0.6) is 0 Å². The van der Waals surface area contributed by atoms with Crippen molar-refractivity contribution in [2.45, 2.75) is 6.92 Å². The largest absolute Gasteiger partial charge is 0.479 e. The molecular weight excluding hydrogens is 162 g/mol. The van der Waals surface area contributed by atoms with Crippen LogP contribution in [0.4, 0.5) is 0 Å². The molecule has 0 rings (SSSR count). The van der Waals surface area contributed by atoms with E-state index in [2.05, 4.69) is 12.2 Å². The lowest BCUT2D eigenvalue weighted by molar-refractivity contribution is 0.225. The van der Waals surface area contributed by atoms with Crippen LogP contribution in [0.15, 0.2) is 11.5 Å². The van der Waals surface area contributed by atoms with E-state index >= 15 is 0 Å². The summed E-state index contributed by atoms with van der Waals surface area (Å²) < 4.78 is 4.82. The molecule has 5 heteroatoms. The molecule has 0 aliphatic carbocycles. The third-order valence-electron chi connectivity index (χ3n) is 0.904. The van der Waals surface area contributed by atoms with E-state index in [1.54, 1.807) is 13.0 Å². The normalized spacial score (nSPS) is 11.3. The zero-order chi connectivity index (χ0) is 8.85. The number of nitriles is 1. The summed E-state index contributed by atoms with van der Waals surface area (Å²) in [5, 5.41) is 8.46. The van der Waals surface area contributed by atoms with Crippen LogP contribution in [-0.2, 0) is 4.74 Å². The molecule has 0 bridgehead atoms. The van der Waals surface area contributed by atoms with Crippen molar-refractivity contribution < 1.29 is 4.74 Å². The van der Waals surface area contributed by atoms with Gasteiger partial charge in [0.1, 0.15) is 16.6 Å². The van der Waals surface area contributed by atoms with Crippen molar-refractivity contribution in [3.05, 3.63) is 11.5 Å². The maximum atomic E-state index is 8.46. The Morgan fingerprint density at radius 2 is 2.18 bits per heavy atom. The molecule has 0 heterocycles. The Morgan fingerprint density at radius 3 is 2.45 bits per heavy atom. The SMILES string of the molecule is CCO/C(N)=C(/C#N)C(N)=S. The van der Waals surface area contributed by atoms with Crippen molar-refractivity contribution >= 4 is 17.2 Å². The highest BCUT2D eigenvalue weighted by Gasteiger charge is 2.05. The van der Waals surface area contributed by atoms with Crippen molar-refractivity contribution in [2.24, 2.45) is 11.5 Å². The first-order valence-electron chi connectivity index (χ1n) is 2.95. The highest BCUT2D eigenvalue weighted by Crippen LogP contribution is 1.99. The van der Waals surface area contributed by atoms with Crippen LogP contribution in [0.2, 0.25) is 0 Å². The maximum absolute atomic E-state index is 8.46. The van der Waals surface area contributed by atoms with E-state index in [1.807, 2.05) is 0 Å². The molecule has 0 saturated heterocycles. The number of thiocarbonyl (C=S) groups is 1. The summed E-state index contributed by atoms with van der Waals surface area (Å²) in [6.45, 7) is 2.14. The lowest BCUT2D eigenvalue weighted by Gasteiger charge is -2.03. The molecule has 4 N–H and O–H groups in total. The Hall–Kier alpha value is -1.28. The number of nitrogens with zero attached hydrogens (tertiary/aromatic N) is 1. The quantitative estimate of drug-likeness (QED) is 0.270. The van der Waals surface area contributed by atoms with E-state index in [1.165, 1.54) is 0 Å². The summed E-state index contributed by atoms with van der Waals surface area (Å²) in [6.07, 6.45) is 0. The third-order valence-corrected chi connectivity index (χ3v) is 1.11. The zero-order valence-corrected chi connectivity index (χ0v) is 6.94. The molecule has 60 valence electrons. The van der Waals surface area contributed by atoms with Crippen LogP contribution in [0.1, 0.15) is 6.92 Å². The van der Waals surface area contributed by atoms with Crippen molar-refractivity contribution in [3.8, 4) is 6.07 Å². The predicted molar refractivity (Wildman–Crippen MR) is 45.2 cm³/mol. The predicted octanol–water partition coefficient (Wildman–Crippen LogP) is 0.00288. The number of hydrogen-bond acceptors (Lipinski definition) is 4. The van der Waals surface area contributed by atoms with Gasteiger partial charge in [0.15, 0.2) is 0 Å². The van der Waals surface area contributed by atoms with Crippen molar-refractivity contribution in [3.63, 3.8) is 0 Å². The molecule has 0 saturated carbocycles. The molecule has 0 aromatic rings. The van der Waals surface area contributed by atoms with Gasteiger partial charge in [0.2, 0.25) is 5.88 Å². The van der Waals surface area contributed by atoms with Crippen LogP contribution in [-0.4, -0.2) is 11.6 Å². The van der Waals surface area contributed by atoms with Crippen LogP contribution < -0.4 is 11.5 Å². The van der Waals surface area contributed by atoms with Gasteiger partial charge in [-0.3, -0.25) is 0 Å². The second-order valence-corrected chi connectivity index (χ2v) is 2.09. The van der Waals surface area contributed by atoms with Gasteiger partial charge in [-0.2, -0.15) is 5.26 Å². The first-order valence-corrected chi connectivity index (χ1v) is 3.36. The molecule has 0 fully saturated rings. The van der Waals surface area contributed by atoms with E-state index in [0.29, 0.717) is 6.61 Å². The minimum atomic E-state index is -0.0431. The Balaban J connectivity index is 4.58. The first-order chi connectivity index (χ1) is 5.13. The van der Waals surface area contributed by atoms with Gasteiger partial charge in [0.25, 0.3) is 0 Å². The first kappa shape index (κ1) is 9.72. The number of ether oxygens (including phenoxy) is 1. The van der Waals surface area contributed by atoms with Gasteiger partial charge in [-0.1, -0.05) is 12.2 Å². The molecular formula is C6H9N3OS. The average Bonchev–Trinajstić information content (AvgIpc) is 1.88. The molecule has 0 unspecified atom stereocenters. The fraction of sp³-hybridized carbons (Fsp3) is 0.333. The van der Waals surface area contributed by atoms with Gasteiger partial charge in [-0.05, 0) is 6.92 Å². The van der Waals surface area contributed by atoms with E-state index in [0.717, 1.165) is 0 Å². The lowest BCUT2D eigenvalue weighted by atomic mass is 10.3. The molecule has 0 aromatic heterocycles. The molecule has 0 aliphatic rings. The minimum absolute atomic E-state index is 0.0116. The second kappa shape index (κ2) is 4.52. The van der Waals surface area contributed by atoms with Gasteiger partial charge in [0, 0.05) is 0 Å². The summed E-state index contributed by atoms with van der Waals surface area (Å²) in [6, 6.07) is 1.75. The molecule has 0 atom stereocenters. The van der Waals surface area contributed by atoms with Gasteiger partial charge in [-0.25, -0.2) is 0 Å². The highest BCUT2D eigenvalue weighted by molar-refractivity contribution is 7.80. The Labute approximate surface area is 70.4 Å². The lowest BCUT2D eigenvalue weighted by Crippen LogP contribution is -2.17. The molecule has 0 aromatic carbocycles. The van der Waals surface area contributed by atoms with Crippen LogP contribution in [0.25, 0.3) is 0 Å². The zero-order valence-electron chi connectivity index (χ0n) is 6.13. The Morgan fingerprint density at radius 1 is 1.64 bits per heavy atom. The van der Waals surface area contributed by atoms with E-state index in [4.69, 9.17) is 21.5 Å². The number of rotatable bonds is 3. The van der Waals surface area contributed by atoms with Gasteiger partial charge in [0.05, 0.1) is 6.61 Å². The Kier molecular flexibility index (Phi) is 4.00. The standard InChI is InChI=1S/C6H9N3OS/c1-2-10-5(8)4(3-7)6(9)11/h2,8H2,1H3,(H2,9,11)/b5-4-. The summed E-state index contributed by atoms with van der Waals surface area (Å²) >= 11 is 4.54. The van der Waals surface area contributed by atoms with Gasteiger partial charge < -0.3 is 16.2 Å². The van der Waals surface area contributed by atoms with E-state index in [9.17, 15) is 0 Å². The summed E-state index contributed by atoms with van der Waals surface area (Å²) in [4.78, 5) is -0.0431. The van der Waals surface area contributed by atoms with Gasteiger partial charge >= 0.3 is 0 Å². The van der Waals surface area contributed by atoms with E-state index in [-0.39, 0.29) is 16.4 Å². The van der Waals surface area contributed by atoms with Crippen molar-refractivity contribution in [2.75, 3.05) is 6.61 Å². The molecule has 0 spiro atoms. The third kappa shape index (κ3) is 2.87. The topological polar surface area (TPSA) is 85.1 Å². The number of nitrogens with two attached hydrogens (primary N) is 2. The molecule has 0 radical (unpaired) electrons. The fourth-order valence-electron chi connectivity index (χ4n) is 0.459. The smallest absolute Gasteiger partial charge is 0.205 e. The molecule has 0 amide bonds. The van der Waals surface area contributed by atoms with Gasteiger partial charge in [-0.15, -0.1) is 0 Å². The molecule has 4 nitrogen and oxygen atoms in total. The molecule has 11 heavy (non-hydrogen) atoms. The van der Waals surface area contributed by atoms with Crippen molar-refractivity contribution in [1.29, 1.82) is 5.26 Å². The van der Waals surface area contributed by atoms with Crippen LogP contribution in [0, 0.1) is 11.3 Å². The molecule has 0 aliphatic heterocycles. The summed E-state index contributed by atoms with van der Waals surface area (Å²) in [5.74, 6) is -0.0116. The van der Waals surface area contributed by atoms with E-state index < -0.39 is 0 Å². The highest BCUT2D eigenvalue weighted by atomic mass is 32.1. The minimum Gasteiger partial charge on any atom is -0.479 e. The van der Waals surface area contributed by atoms with Crippen LogP contribution >= 0.6 is 12.2 Å². The fourth-order valence-corrected chi connectivity index (χ4v) is 0.606. The Bertz CT molecular complexity index is 228. The second-order valence-electron chi connectivity index (χ2n) is 1.65.